The normalized spacial score (nSPS) is 10.2. The first-order valence-corrected chi connectivity index (χ1v) is 6.91. The van der Waals surface area contributed by atoms with Gasteiger partial charge in [-0.15, -0.1) is 0 Å². The summed E-state index contributed by atoms with van der Waals surface area (Å²) in [5, 5.41) is 0. The average Bonchev–Trinajstić information content (AvgIpc) is 2.49. The van der Waals surface area contributed by atoms with Crippen molar-refractivity contribution in [2.24, 2.45) is 0 Å². The zero-order valence-electron chi connectivity index (χ0n) is 11.8. The summed E-state index contributed by atoms with van der Waals surface area (Å²) in [6.07, 6.45) is 1.25. The van der Waals surface area contributed by atoms with Gasteiger partial charge in [-0.1, -0.05) is 42.5 Å². The van der Waals surface area contributed by atoms with Crippen molar-refractivity contribution in [1.29, 1.82) is 0 Å². The Morgan fingerprint density at radius 3 is 2.35 bits per heavy atom. The van der Waals surface area contributed by atoms with Gasteiger partial charge in [0, 0.05) is 13.0 Å². The molecule has 0 atom stereocenters. The second-order valence-corrected chi connectivity index (χ2v) is 4.68. The van der Waals surface area contributed by atoms with E-state index in [9.17, 15) is 4.79 Å². The summed E-state index contributed by atoms with van der Waals surface area (Å²) in [6, 6.07) is 17.5. The van der Waals surface area contributed by atoms with Crippen molar-refractivity contribution in [1.82, 2.24) is 0 Å². The third-order valence-electron chi connectivity index (χ3n) is 3.32. The molecule has 0 aliphatic carbocycles. The molecule has 0 aliphatic rings. The highest BCUT2D eigenvalue weighted by atomic mass is 16.2. The molecule has 0 bridgehead atoms. The number of hydrogen-bond donors (Lipinski definition) is 1. The van der Waals surface area contributed by atoms with Gasteiger partial charge < -0.3 is 10.6 Å². The van der Waals surface area contributed by atoms with Crippen LogP contribution in [-0.4, -0.2) is 12.5 Å². The molecule has 0 unspecified atom stereocenters. The molecule has 0 saturated heterocycles. The van der Waals surface area contributed by atoms with E-state index in [4.69, 9.17) is 5.73 Å². The molecule has 1 amide bonds. The van der Waals surface area contributed by atoms with Crippen molar-refractivity contribution in [2.75, 3.05) is 17.2 Å². The number of nitrogens with zero attached hydrogens (tertiary/aromatic N) is 1. The lowest BCUT2D eigenvalue weighted by Crippen LogP contribution is -2.31. The van der Waals surface area contributed by atoms with E-state index in [0.29, 0.717) is 18.7 Å². The van der Waals surface area contributed by atoms with Crippen LogP contribution in [-0.2, 0) is 11.2 Å². The number of amides is 1. The maximum atomic E-state index is 12.4. The zero-order valence-corrected chi connectivity index (χ0v) is 11.8. The van der Waals surface area contributed by atoms with Gasteiger partial charge in [-0.05, 0) is 31.0 Å². The lowest BCUT2D eigenvalue weighted by atomic mass is 10.1. The van der Waals surface area contributed by atoms with E-state index in [1.54, 1.807) is 4.90 Å². The Kier molecular flexibility index (Phi) is 4.77. The van der Waals surface area contributed by atoms with Crippen LogP contribution in [0.2, 0.25) is 0 Å². The Morgan fingerprint density at radius 2 is 1.70 bits per heavy atom. The fourth-order valence-corrected chi connectivity index (χ4v) is 2.25. The molecule has 3 heteroatoms. The van der Waals surface area contributed by atoms with E-state index in [-0.39, 0.29) is 5.91 Å². The molecule has 0 aliphatic heterocycles. The number of benzene rings is 2. The minimum Gasteiger partial charge on any atom is -0.397 e. The predicted octanol–water partition coefficient (Wildman–Crippen LogP) is 3.25. The second kappa shape index (κ2) is 6.75. The average molecular weight is 268 g/mol. The van der Waals surface area contributed by atoms with E-state index in [1.165, 1.54) is 5.56 Å². The molecule has 0 saturated carbocycles. The van der Waals surface area contributed by atoms with Gasteiger partial charge in [0.05, 0.1) is 11.4 Å². The molecule has 0 spiro atoms. The first-order valence-electron chi connectivity index (χ1n) is 6.91. The lowest BCUT2D eigenvalue weighted by Gasteiger charge is -2.22. The van der Waals surface area contributed by atoms with E-state index >= 15 is 0 Å². The van der Waals surface area contributed by atoms with Gasteiger partial charge >= 0.3 is 0 Å². The van der Waals surface area contributed by atoms with Crippen molar-refractivity contribution < 1.29 is 4.79 Å². The molecule has 2 aromatic carbocycles. The first kappa shape index (κ1) is 14.1. The molecule has 3 nitrogen and oxygen atoms in total. The highest BCUT2D eigenvalue weighted by molar-refractivity contribution is 5.96. The zero-order chi connectivity index (χ0) is 14.4. The van der Waals surface area contributed by atoms with Crippen molar-refractivity contribution in [3.63, 3.8) is 0 Å². The fourth-order valence-electron chi connectivity index (χ4n) is 2.25. The largest absolute Gasteiger partial charge is 0.397 e. The highest BCUT2D eigenvalue weighted by Crippen LogP contribution is 2.23. The third-order valence-corrected chi connectivity index (χ3v) is 3.32. The minimum absolute atomic E-state index is 0.106. The SMILES string of the molecule is CCN(C(=O)CCc1ccccc1)c1ccccc1N. The van der Waals surface area contributed by atoms with Crippen LogP contribution in [0.5, 0.6) is 0 Å². The summed E-state index contributed by atoms with van der Waals surface area (Å²) >= 11 is 0. The minimum atomic E-state index is 0.106. The molecule has 2 aromatic rings. The van der Waals surface area contributed by atoms with E-state index in [1.807, 2.05) is 61.5 Å². The molecule has 0 radical (unpaired) electrons. The van der Waals surface area contributed by atoms with Crippen LogP contribution in [0.1, 0.15) is 18.9 Å². The number of carbonyl (C=O) groups excluding carboxylic acids is 1. The molecular formula is C17H20N2O. The smallest absolute Gasteiger partial charge is 0.227 e. The first-order chi connectivity index (χ1) is 9.72. The number of carbonyl (C=O) groups is 1. The van der Waals surface area contributed by atoms with Crippen LogP contribution in [0.4, 0.5) is 11.4 Å². The van der Waals surface area contributed by atoms with Crippen LogP contribution >= 0.6 is 0 Å². The molecule has 0 fully saturated rings. The van der Waals surface area contributed by atoms with Gasteiger partial charge in [-0.3, -0.25) is 4.79 Å². The van der Waals surface area contributed by atoms with Crippen LogP contribution in [0.15, 0.2) is 54.6 Å². The number of nitrogen functional groups attached to an aromatic ring is 1. The summed E-state index contributed by atoms with van der Waals surface area (Å²) in [5.41, 5.74) is 8.57. The monoisotopic (exact) mass is 268 g/mol. The van der Waals surface area contributed by atoms with Gasteiger partial charge in [0.2, 0.25) is 5.91 Å². The van der Waals surface area contributed by atoms with E-state index < -0.39 is 0 Å². The number of hydrogen-bond acceptors (Lipinski definition) is 2. The Bertz CT molecular complexity index is 566. The number of para-hydroxylation sites is 2. The van der Waals surface area contributed by atoms with Crippen LogP contribution in [0.25, 0.3) is 0 Å². The second-order valence-electron chi connectivity index (χ2n) is 4.68. The molecule has 0 heterocycles. The fraction of sp³-hybridized carbons (Fsp3) is 0.235. The molecule has 2 N–H and O–H groups in total. The molecule has 20 heavy (non-hydrogen) atoms. The van der Waals surface area contributed by atoms with E-state index in [2.05, 4.69) is 0 Å². The molecule has 2 rings (SSSR count). The summed E-state index contributed by atoms with van der Waals surface area (Å²) in [4.78, 5) is 14.1. The molecule has 104 valence electrons. The van der Waals surface area contributed by atoms with Crippen LogP contribution < -0.4 is 10.6 Å². The molecule has 0 aromatic heterocycles. The van der Waals surface area contributed by atoms with Gasteiger partial charge in [-0.25, -0.2) is 0 Å². The quantitative estimate of drug-likeness (QED) is 0.846. The number of rotatable bonds is 5. The predicted molar refractivity (Wildman–Crippen MR) is 83.6 cm³/mol. The summed E-state index contributed by atoms with van der Waals surface area (Å²) < 4.78 is 0. The van der Waals surface area contributed by atoms with Crippen LogP contribution in [0.3, 0.4) is 0 Å². The van der Waals surface area contributed by atoms with Crippen molar-refractivity contribution >= 4 is 17.3 Å². The van der Waals surface area contributed by atoms with Gasteiger partial charge in [0.1, 0.15) is 0 Å². The summed E-state index contributed by atoms with van der Waals surface area (Å²) in [5.74, 6) is 0.106. The summed E-state index contributed by atoms with van der Waals surface area (Å²) in [6.45, 7) is 2.59. The Labute approximate surface area is 120 Å². The van der Waals surface area contributed by atoms with E-state index in [0.717, 1.165) is 12.1 Å². The third kappa shape index (κ3) is 3.38. The maximum absolute atomic E-state index is 12.4. The number of anilines is 2. The Morgan fingerprint density at radius 1 is 1.05 bits per heavy atom. The maximum Gasteiger partial charge on any atom is 0.227 e. The van der Waals surface area contributed by atoms with Gasteiger partial charge in [-0.2, -0.15) is 0 Å². The Balaban J connectivity index is 2.05. The van der Waals surface area contributed by atoms with Gasteiger partial charge in [0.15, 0.2) is 0 Å². The standard InChI is InChI=1S/C17H20N2O/c1-2-19(16-11-7-6-10-15(16)18)17(20)13-12-14-8-4-3-5-9-14/h3-11H,2,12-13,18H2,1H3. The topological polar surface area (TPSA) is 46.3 Å². The lowest BCUT2D eigenvalue weighted by molar-refractivity contribution is -0.118. The number of aryl methyl sites for hydroxylation is 1. The molecular weight excluding hydrogens is 248 g/mol. The van der Waals surface area contributed by atoms with Crippen molar-refractivity contribution in [3.05, 3.63) is 60.2 Å². The van der Waals surface area contributed by atoms with Crippen LogP contribution in [0, 0.1) is 0 Å². The summed E-state index contributed by atoms with van der Waals surface area (Å²) in [7, 11) is 0. The van der Waals surface area contributed by atoms with Crippen molar-refractivity contribution in [3.8, 4) is 0 Å². The highest BCUT2D eigenvalue weighted by Gasteiger charge is 2.15. The van der Waals surface area contributed by atoms with Gasteiger partial charge in [0.25, 0.3) is 0 Å². The number of nitrogens with two attached hydrogens (primary N) is 1. The van der Waals surface area contributed by atoms with Crippen molar-refractivity contribution in [2.45, 2.75) is 19.8 Å². The Hall–Kier alpha value is -2.29.